The van der Waals surface area contributed by atoms with Crippen LogP contribution < -0.4 is 0 Å². The first-order valence-electron chi connectivity index (χ1n) is 5.87. The standard InChI is InChI=1S/C15H9FO4/c1-6-2-3-7(16)11-10(6)14(19)12-8(17)4-5-9(18)13(12)15(11)20/h2-5,17-18H,1H3. The Morgan fingerprint density at radius 1 is 0.800 bits per heavy atom. The van der Waals surface area contributed by atoms with Gasteiger partial charge in [0.25, 0.3) is 0 Å². The zero-order valence-electron chi connectivity index (χ0n) is 10.4. The molecule has 0 spiro atoms. The number of halogens is 1. The number of fused-ring (bicyclic) bond motifs is 2. The summed E-state index contributed by atoms with van der Waals surface area (Å²) in [7, 11) is 0. The molecule has 100 valence electrons. The Kier molecular flexibility index (Phi) is 2.41. The van der Waals surface area contributed by atoms with Crippen LogP contribution in [-0.4, -0.2) is 21.8 Å². The van der Waals surface area contributed by atoms with Crippen LogP contribution in [0.5, 0.6) is 11.5 Å². The smallest absolute Gasteiger partial charge is 0.201 e. The van der Waals surface area contributed by atoms with Gasteiger partial charge in [-0.1, -0.05) is 6.07 Å². The van der Waals surface area contributed by atoms with Crippen molar-refractivity contribution in [3.63, 3.8) is 0 Å². The van der Waals surface area contributed by atoms with E-state index in [1.165, 1.54) is 6.07 Å². The molecule has 0 unspecified atom stereocenters. The molecular weight excluding hydrogens is 263 g/mol. The maximum atomic E-state index is 13.9. The molecule has 0 amide bonds. The molecule has 3 rings (SSSR count). The first-order chi connectivity index (χ1) is 9.43. The van der Waals surface area contributed by atoms with Crippen molar-refractivity contribution >= 4 is 11.6 Å². The van der Waals surface area contributed by atoms with Gasteiger partial charge in [-0.2, -0.15) is 0 Å². The van der Waals surface area contributed by atoms with Crippen molar-refractivity contribution in [1.29, 1.82) is 0 Å². The van der Waals surface area contributed by atoms with Gasteiger partial charge >= 0.3 is 0 Å². The summed E-state index contributed by atoms with van der Waals surface area (Å²) in [5, 5.41) is 19.5. The minimum absolute atomic E-state index is 0.0663. The predicted molar refractivity (Wildman–Crippen MR) is 67.8 cm³/mol. The maximum Gasteiger partial charge on any atom is 0.201 e. The van der Waals surface area contributed by atoms with Crippen molar-refractivity contribution in [2.24, 2.45) is 0 Å². The number of ketones is 2. The Balaban J connectivity index is 2.46. The van der Waals surface area contributed by atoms with Gasteiger partial charge in [-0.15, -0.1) is 0 Å². The summed E-state index contributed by atoms with van der Waals surface area (Å²) >= 11 is 0. The van der Waals surface area contributed by atoms with Crippen molar-refractivity contribution in [2.45, 2.75) is 6.92 Å². The first-order valence-corrected chi connectivity index (χ1v) is 5.87. The summed E-state index contributed by atoms with van der Waals surface area (Å²) in [6.07, 6.45) is 0. The van der Waals surface area contributed by atoms with Crippen LogP contribution >= 0.6 is 0 Å². The molecule has 0 saturated carbocycles. The summed E-state index contributed by atoms with van der Waals surface area (Å²) in [6.45, 7) is 1.58. The molecule has 1 aliphatic rings. The van der Waals surface area contributed by atoms with Gasteiger partial charge in [0, 0.05) is 5.56 Å². The number of phenols is 2. The molecule has 0 bridgehead atoms. The van der Waals surface area contributed by atoms with E-state index in [9.17, 15) is 24.2 Å². The van der Waals surface area contributed by atoms with Crippen molar-refractivity contribution in [3.8, 4) is 11.5 Å². The summed E-state index contributed by atoms with van der Waals surface area (Å²) in [6, 6.07) is 4.71. The highest BCUT2D eigenvalue weighted by molar-refractivity contribution is 6.30. The predicted octanol–water partition coefficient (Wildman–Crippen LogP) is 2.32. The number of hydrogen-bond acceptors (Lipinski definition) is 4. The largest absolute Gasteiger partial charge is 0.507 e. The molecule has 4 nitrogen and oxygen atoms in total. The zero-order valence-corrected chi connectivity index (χ0v) is 10.4. The van der Waals surface area contributed by atoms with E-state index < -0.39 is 28.9 Å². The fourth-order valence-corrected chi connectivity index (χ4v) is 2.49. The highest BCUT2D eigenvalue weighted by Gasteiger charge is 2.37. The van der Waals surface area contributed by atoms with Crippen LogP contribution in [-0.2, 0) is 0 Å². The second kappa shape index (κ2) is 3.90. The lowest BCUT2D eigenvalue weighted by Gasteiger charge is -2.21. The monoisotopic (exact) mass is 272 g/mol. The molecule has 1 aliphatic carbocycles. The number of benzene rings is 2. The van der Waals surface area contributed by atoms with Crippen LogP contribution in [0.3, 0.4) is 0 Å². The number of phenolic OH excluding ortho intramolecular Hbond substituents is 2. The van der Waals surface area contributed by atoms with E-state index >= 15 is 0 Å². The molecule has 2 N–H and O–H groups in total. The Morgan fingerprint density at radius 2 is 1.30 bits per heavy atom. The van der Waals surface area contributed by atoms with Gasteiger partial charge in [0.15, 0.2) is 5.78 Å². The topological polar surface area (TPSA) is 74.6 Å². The first kappa shape index (κ1) is 12.3. The van der Waals surface area contributed by atoms with E-state index in [0.717, 1.165) is 18.2 Å². The Morgan fingerprint density at radius 3 is 1.85 bits per heavy atom. The molecular formula is C15H9FO4. The average molecular weight is 272 g/mol. The lowest BCUT2D eigenvalue weighted by molar-refractivity contribution is 0.0970. The second-order valence-electron chi connectivity index (χ2n) is 4.63. The van der Waals surface area contributed by atoms with Crippen LogP contribution in [0, 0.1) is 12.7 Å². The van der Waals surface area contributed by atoms with Gasteiger partial charge in [-0.25, -0.2) is 4.39 Å². The van der Waals surface area contributed by atoms with Crippen LogP contribution in [0.15, 0.2) is 24.3 Å². The van der Waals surface area contributed by atoms with Gasteiger partial charge in [0.05, 0.1) is 16.7 Å². The van der Waals surface area contributed by atoms with E-state index in [-0.39, 0.29) is 22.3 Å². The van der Waals surface area contributed by atoms with Gasteiger partial charge in [-0.3, -0.25) is 9.59 Å². The van der Waals surface area contributed by atoms with Crippen molar-refractivity contribution in [2.75, 3.05) is 0 Å². The van der Waals surface area contributed by atoms with Gasteiger partial charge in [0.1, 0.15) is 17.3 Å². The van der Waals surface area contributed by atoms with E-state index in [4.69, 9.17) is 0 Å². The van der Waals surface area contributed by atoms with Gasteiger partial charge < -0.3 is 10.2 Å². The van der Waals surface area contributed by atoms with Crippen LogP contribution in [0.2, 0.25) is 0 Å². The fourth-order valence-electron chi connectivity index (χ4n) is 2.49. The lowest BCUT2D eigenvalue weighted by atomic mass is 9.81. The molecule has 0 fully saturated rings. The highest BCUT2D eigenvalue weighted by Crippen LogP contribution is 2.39. The molecule has 0 atom stereocenters. The minimum Gasteiger partial charge on any atom is -0.507 e. The fraction of sp³-hybridized carbons (Fsp3) is 0.0667. The zero-order chi connectivity index (χ0) is 14.6. The molecule has 2 aromatic rings. The summed E-state index contributed by atoms with van der Waals surface area (Å²) in [5.74, 6) is -3.16. The highest BCUT2D eigenvalue weighted by atomic mass is 19.1. The lowest BCUT2D eigenvalue weighted by Crippen LogP contribution is -2.23. The number of aromatic hydroxyl groups is 2. The third kappa shape index (κ3) is 1.40. The van der Waals surface area contributed by atoms with Crippen LogP contribution in [0.4, 0.5) is 4.39 Å². The summed E-state index contributed by atoms with van der Waals surface area (Å²) < 4.78 is 13.9. The Bertz CT molecular complexity index is 663. The van der Waals surface area contributed by atoms with Crippen LogP contribution in [0.25, 0.3) is 0 Å². The summed E-state index contributed by atoms with van der Waals surface area (Å²) in [4.78, 5) is 24.7. The van der Waals surface area contributed by atoms with Gasteiger partial charge in [-0.05, 0) is 30.7 Å². The molecule has 0 heterocycles. The molecule has 0 aromatic heterocycles. The number of hydrogen-bond donors (Lipinski definition) is 2. The third-order valence-corrected chi connectivity index (χ3v) is 3.43. The molecule has 20 heavy (non-hydrogen) atoms. The van der Waals surface area contributed by atoms with Crippen molar-refractivity contribution in [3.05, 3.63) is 57.9 Å². The Hall–Kier alpha value is -2.69. The number of rotatable bonds is 0. The molecule has 0 aliphatic heterocycles. The SMILES string of the molecule is Cc1ccc(F)c2c1C(=O)c1c(O)ccc(O)c1C2=O. The third-order valence-electron chi connectivity index (χ3n) is 3.43. The number of carbonyl (C=O) groups is 2. The quantitative estimate of drug-likeness (QED) is 0.616. The normalized spacial score (nSPS) is 13.1. The molecule has 0 saturated heterocycles. The minimum atomic E-state index is -0.822. The van der Waals surface area contributed by atoms with E-state index in [0.29, 0.717) is 5.56 Å². The van der Waals surface area contributed by atoms with Crippen molar-refractivity contribution in [1.82, 2.24) is 0 Å². The van der Waals surface area contributed by atoms with E-state index in [1.807, 2.05) is 0 Å². The van der Waals surface area contributed by atoms with E-state index in [2.05, 4.69) is 0 Å². The Labute approximate surface area is 113 Å². The van der Waals surface area contributed by atoms with Gasteiger partial charge in [0.2, 0.25) is 5.78 Å². The maximum absolute atomic E-state index is 13.9. The summed E-state index contributed by atoms with van der Waals surface area (Å²) in [5.41, 5.74) is -0.622. The average Bonchev–Trinajstić information content (AvgIpc) is 2.41. The van der Waals surface area contributed by atoms with Crippen LogP contribution in [0.1, 0.15) is 37.4 Å². The van der Waals surface area contributed by atoms with E-state index in [1.54, 1.807) is 6.92 Å². The second-order valence-corrected chi connectivity index (χ2v) is 4.63. The number of carbonyl (C=O) groups excluding carboxylic acids is 2. The molecule has 2 aromatic carbocycles. The molecule has 0 radical (unpaired) electrons. The van der Waals surface area contributed by atoms with Crippen molar-refractivity contribution < 1.29 is 24.2 Å². The molecule has 5 heteroatoms. The number of aryl methyl sites for hydroxylation is 1.